The first-order valence-electron chi connectivity index (χ1n) is 3.28. The molecule has 1 aliphatic carbocycles. The van der Waals surface area contributed by atoms with Crippen LogP contribution >= 0.6 is 0 Å². The maximum absolute atomic E-state index is 10.3. The van der Waals surface area contributed by atoms with Gasteiger partial charge in [0.25, 0.3) is 0 Å². The highest BCUT2D eigenvalue weighted by Crippen LogP contribution is 2.23. The van der Waals surface area contributed by atoms with Gasteiger partial charge in [0.15, 0.2) is 0 Å². The molecular weight excluding hydrogens is 148 g/mol. The monoisotopic (exact) mass is 156 g/mol. The van der Waals surface area contributed by atoms with E-state index in [1.54, 1.807) is 0 Å². The number of rotatable bonds is 2. The van der Waals surface area contributed by atoms with Crippen molar-refractivity contribution in [2.45, 2.75) is 12.8 Å². The third-order valence-electron chi connectivity index (χ3n) is 1.72. The van der Waals surface area contributed by atoms with E-state index in [1.165, 1.54) is 6.08 Å². The highest BCUT2D eigenvalue weighted by molar-refractivity contribution is 5.89. The summed E-state index contributed by atoms with van der Waals surface area (Å²) in [6.45, 7) is 0. The van der Waals surface area contributed by atoms with E-state index in [9.17, 15) is 9.59 Å². The molecule has 1 unspecified atom stereocenters. The summed E-state index contributed by atoms with van der Waals surface area (Å²) in [5, 5.41) is 16.9. The van der Waals surface area contributed by atoms with Crippen LogP contribution in [0.1, 0.15) is 12.8 Å². The first-order chi connectivity index (χ1) is 5.11. The Balaban J connectivity index is 2.68. The third kappa shape index (κ3) is 1.58. The predicted molar refractivity (Wildman–Crippen MR) is 36.1 cm³/mol. The number of hydrogen-bond donors (Lipinski definition) is 2. The van der Waals surface area contributed by atoms with Crippen LogP contribution in [0.2, 0.25) is 0 Å². The Bertz CT molecular complexity index is 229. The second-order valence-electron chi connectivity index (χ2n) is 2.48. The lowest BCUT2D eigenvalue weighted by Gasteiger charge is -1.95. The van der Waals surface area contributed by atoms with Crippen LogP contribution in [0.3, 0.4) is 0 Å². The summed E-state index contributed by atoms with van der Waals surface area (Å²) in [6, 6.07) is 0. The summed E-state index contributed by atoms with van der Waals surface area (Å²) in [7, 11) is 0. The van der Waals surface area contributed by atoms with Gasteiger partial charge in [0.05, 0.1) is 5.92 Å². The van der Waals surface area contributed by atoms with Crippen LogP contribution in [0.4, 0.5) is 0 Å². The van der Waals surface area contributed by atoms with Gasteiger partial charge in [-0.2, -0.15) is 0 Å². The van der Waals surface area contributed by atoms with Gasteiger partial charge >= 0.3 is 11.9 Å². The van der Waals surface area contributed by atoms with E-state index in [1.807, 2.05) is 0 Å². The van der Waals surface area contributed by atoms with E-state index in [0.29, 0.717) is 12.8 Å². The zero-order valence-corrected chi connectivity index (χ0v) is 5.78. The van der Waals surface area contributed by atoms with Crippen molar-refractivity contribution < 1.29 is 19.8 Å². The zero-order chi connectivity index (χ0) is 8.43. The fourth-order valence-corrected chi connectivity index (χ4v) is 1.09. The second-order valence-corrected chi connectivity index (χ2v) is 2.48. The zero-order valence-electron chi connectivity index (χ0n) is 5.78. The van der Waals surface area contributed by atoms with Gasteiger partial charge in [-0.25, -0.2) is 4.79 Å². The lowest BCUT2D eigenvalue weighted by atomic mass is 10.1. The maximum atomic E-state index is 10.3. The molecule has 4 nitrogen and oxygen atoms in total. The minimum absolute atomic E-state index is 0.220. The van der Waals surface area contributed by atoms with E-state index in [4.69, 9.17) is 10.2 Å². The number of carboxylic acid groups (broad SMARTS) is 2. The quantitative estimate of drug-likeness (QED) is 0.610. The summed E-state index contributed by atoms with van der Waals surface area (Å²) in [5.74, 6) is -2.55. The Kier molecular flexibility index (Phi) is 1.94. The van der Waals surface area contributed by atoms with E-state index < -0.39 is 17.9 Å². The van der Waals surface area contributed by atoms with Crippen LogP contribution in [0.25, 0.3) is 0 Å². The molecule has 0 aliphatic heterocycles. The van der Waals surface area contributed by atoms with Gasteiger partial charge in [-0.1, -0.05) is 6.08 Å². The Morgan fingerprint density at radius 3 is 2.36 bits per heavy atom. The van der Waals surface area contributed by atoms with E-state index in [0.717, 1.165) is 0 Å². The molecule has 0 amide bonds. The van der Waals surface area contributed by atoms with Crippen molar-refractivity contribution in [1.29, 1.82) is 0 Å². The molecule has 0 heterocycles. The van der Waals surface area contributed by atoms with Gasteiger partial charge in [-0.3, -0.25) is 4.79 Å². The van der Waals surface area contributed by atoms with E-state index in [2.05, 4.69) is 0 Å². The molecule has 1 atom stereocenters. The van der Waals surface area contributed by atoms with Crippen LogP contribution in [0, 0.1) is 5.92 Å². The first-order valence-corrected chi connectivity index (χ1v) is 3.28. The fourth-order valence-electron chi connectivity index (χ4n) is 1.09. The minimum atomic E-state index is -1.01. The maximum Gasteiger partial charge on any atom is 0.331 e. The second kappa shape index (κ2) is 2.74. The largest absolute Gasteiger partial charge is 0.481 e. The summed E-state index contributed by atoms with van der Waals surface area (Å²) in [6.07, 6.45) is 2.09. The van der Waals surface area contributed by atoms with Crippen LogP contribution in [0.15, 0.2) is 11.6 Å². The van der Waals surface area contributed by atoms with E-state index in [-0.39, 0.29) is 5.57 Å². The summed E-state index contributed by atoms with van der Waals surface area (Å²) >= 11 is 0. The van der Waals surface area contributed by atoms with Crippen molar-refractivity contribution >= 4 is 11.9 Å². The molecule has 1 rings (SSSR count). The van der Waals surface area contributed by atoms with Crippen LogP contribution in [-0.2, 0) is 9.59 Å². The Morgan fingerprint density at radius 1 is 1.45 bits per heavy atom. The molecular formula is C7H8O4. The van der Waals surface area contributed by atoms with Crippen molar-refractivity contribution in [2.75, 3.05) is 0 Å². The first kappa shape index (κ1) is 7.78. The highest BCUT2D eigenvalue weighted by atomic mass is 16.4. The lowest BCUT2D eigenvalue weighted by Crippen LogP contribution is -2.07. The van der Waals surface area contributed by atoms with E-state index >= 15 is 0 Å². The van der Waals surface area contributed by atoms with Gasteiger partial charge < -0.3 is 10.2 Å². The average molecular weight is 156 g/mol. The van der Waals surface area contributed by atoms with Gasteiger partial charge in [-0.15, -0.1) is 0 Å². The fraction of sp³-hybridized carbons (Fsp3) is 0.429. The molecule has 0 aromatic rings. The molecule has 0 aromatic carbocycles. The number of hydrogen-bond acceptors (Lipinski definition) is 2. The predicted octanol–water partition coefficient (Wildman–Crippen LogP) is 0.492. The molecule has 0 saturated carbocycles. The molecule has 0 aromatic heterocycles. The molecule has 0 saturated heterocycles. The molecule has 0 radical (unpaired) electrons. The molecule has 0 spiro atoms. The summed E-state index contributed by atoms with van der Waals surface area (Å²) < 4.78 is 0. The highest BCUT2D eigenvalue weighted by Gasteiger charge is 2.24. The van der Waals surface area contributed by atoms with Crippen molar-refractivity contribution in [2.24, 2.45) is 5.92 Å². The van der Waals surface area contributed by atoms with Crippen LogP contribution < -0.4 is 0 Å². The topological polar surface area (TPSA) is 74.6 Å². The van der Waals surface area contributed by atoms with Gasteiger partial charge in [-0.05, 0) is 12.8 Å². The van der Waals surface area contributed by atoms with Crippen molar-refractivity contribution in [3.63, 3.8) is 0 Å². The Hall–Kier alpha value is -1.32. The molecule has 1 aliphatic rings. The average Bonchev–Trinajstić information content (AvgIpc) is 2.33. The molecule has 4 heteroatoms. The summed E-state index contributed by atoms with van der Waals surface area (Å²) in [5.41, 5.74) is 0.220. The molecule has 0 bridgehead atoms. The van der Waals surface area contributed by atoms with Gasteiger partial charge in [0, 0.05) is 5.57 Å². The van der Waals surface area contributed by atoms with Crippen LogP contribution in [0.5, 0.6) is 0 Å². The standard InChI is InChI=1S/C7H8O4/c8-6(9)4-1-2-5(3-4)7(10)11/h3-4H,1-2H2,(H,8,9)(H,10,11). The normalized spacial score (nSPS) is 22.9. The van der Waals surface area contributed by atoms with Crippen LogP contribution in [-0.4, -0.2) is 22.2 Å². The number of carbonyl (C=O) groups is 2. The molecule has 60 valence electrons. The Labute approximate surface area is 63.1 Å². The van der Waals surface area contributed by atoms with Crippen molar-refractivity contribution in [3.05, 3.63) is 11.6 Å². The molecule has 0 fully saturated rings. The van der Waals surface area contributed by atoms with Gasteiger partial charge in [0.1, 0.15) is 0 Å². The molecule has 2 N–H and O–H groups in total. The Morgan fingerprint density at radius 2 is 2.09 bits per heavy atom. The van der Waals surface area contributed by atoms with Gasteiger partial charge in [0.2, 0.25) is 0 Å². The summed E-state index contributed by atoms with van der Waals surface area (Å²) in [4.78, 5) is 20.6. The third-order valence-corrected chi connectivity index (χ3v) is 1.72. The van der Waals surface area contributed by atoms with Crippen molar-refractivity contribution in [1.82, 2.24) is 0 Å². The number of carboxylic acids is 2. The minimum Gasteiger partial charge on any atom is -0.481 e. The SMILES string of the molecule is O=C(O)C1=CC(C(=O)O)CC1. The number of aliphatic carboxylic acids is 2. The lowest BCUT2D eigenvalue weighted by molar-refractivity contribution is -0.140. The smallest absolute Gasteiger partial charge is 0.331 e. The van der Waals surface area contributed by atoms with Crippen molar-refractivity contribution in [3.8, 4) is 0 Å². The molecule has 11 heavy (non-hydrogen) atoms.